The van der Waals surface area contributed by atoms with Crippen LogP contribution >= 0.6 is 0 Å². The molecule has 6 nitrogen and oxygen atoms in total. The zero-order chi connectivity index (χ0) is 26.7. The molecule has 36 heavy (non-hydrogen) atoms. The van der Waals surface area contributed by atoms with Gasteiger partial charge >= 0.3 is 5.97 Å². The Hall–Kier alpha value is -2.21. The summed E-state index contributed by atoms with van der Waals surface area (Å²) in [5.74, 6) is -0.828. The summed E-state index contributed by atoms with van der Waals surface area (Å²) in [6, 6.07) is 6.65. The average molecular weight is 499 g/mol. The molecule has 0 bridgehead atoms. The van der Waals surface area contributed by atoms with Gasteiger partial charge in [-0.05, 0) is 66.5 Å². The van der Waals surface area contributed by atoms with E-state index in [9.17, 15) is 14.7 Å². The number of rotatable bonds is 11. The van der Waals surface area contributed by atoms with Crippen molar-refractivity contribution >= 4 is 17.6 Å². The van der Waals surface area contributed by atoms with E-state index in [2.05, 4.69) is 51.2 Å². The largest absolute Gasteiger partial charge is 0.481 e. The molecule has 2 fully saturated rings. The Bertz CT molecular complexity index is 942. The monoisotopic (exact) mass is 498 g/mol. The molecule has 0 saturated heterocycles. The van der Waals surface area contributed by atoms with Gasteiger partial charge in [-0.15, -0.1) is 0 Å². The van der Waals surface area contributed by atoms with E-state index in [1.165, 1.54) is 30.4 Å². The van der Waals surface area contributed by atoms with Crippen molar-refractivity contribution in [1.82, 2.24) is 5.32 Å². The highest BCUT2D eigenvalue weighted by Gasteiger charge is 2.40. The molecule has 0 spiro atoms. The molecular formula is C30H46N2O4. The maximum Gasteiger partial charge on any atom is 0.310 e. The van der Waals surface area contributed by atoms with Gasteiger partial charge in [-0.25, -0.2) is 0 Å². The number of hydrogen-bond acceptors (Lipinski definition) is 4. The van der Waals surface area contributed by atoms with Crippen molar-refractivity contribution in [2.24, 2.45) is 11.3 Å². The lowest BCUT2D eigenvalue weighted by atomic mass is 9.80. The summed E-state index contributed by atoms with van der Waals surface area (Å²) < 4.78 is 6.19. The number of ether oxygens (including phenoxy) is 1. The number of carbonyl (C=O) groups excluding carboxylic acids is 1. The number of benzene rings is 1. The molecule has 1 aromatic carbocycles. The third-order valence-electron chi connectivity index (χ3n) is 8.06. The standard InChI is InChI=1S/C30H46N2O4/c1-28(2,3)22-15-21(16-23(17-22)30(6)12-13-30)26(24(31)14-20-10-8-7-9-11-20)36-18-25(33)32-19-29(4,5)27(34)35/h15-17,20,26,31H,7-14,18-19H2,1-6H3,(H,32,33)(H,34,35). The van der Waals surface area contributed by atoms with Crippen LogP contribution in [-0.2, 0) is 25.2 Å². The normalized spacial score (nSPS) is 18.9. The van der Waals surface area contributed by atoms with Crippen LogP contribution in [0.15, 0.2) is 18.2 Å². The first kappa shape index (κ1) is 28.4. The van der Waals surface area contributed by atoms with Crippen LogP contribution in [0, 0.1) is 16.7 Å². The van der Waals surface area contributed by atoms with E-state index in [-0.39, 0.29) is 29.9 Å². The third-order valence-corrected chi connectivity index (χ3v) is 8.06. The summed E-state index contributed by atoms with van der Waals surface area (Å²) in [6.07, 6.45) is 8.40. The summed E-state index contributed by atoms with van der Waals surface area (Å²) >= 11 is 0. The van der Waals surface area contributed by atoms with Crippen molar-refractivity contribution in [2.75, 3.05) is 13.2 Å². The average Bonchev–Trinajstić information content (AvgIpc) is 3.56. The summed E-state index contributed by atoms with van der Waals surface area (Å²) in [5, 5.41) is 21.1. The molecule has 0 heterocycles. The third kappa shape index (κ3) is 7.41. The lowest BCUT2D eigenvalue weighted by molar-refractivity contribution is -0.147. The van der Waals surface area contributed by atoms with Crippen LogP contribution in [0.5, 0.6) is 0 Å². The molecule has 0 aromatic heterocycles. The molecule has 200 valence electrons. The van der Waals surface area contributed by atoms with Crippen molar-refractivity contribution in [2.45, 2.75) is 110 Å². The van der Waals surface area contributed by atoms with Crippen LogP contribution in [0.2, 0.25) is 0 Å². The van der Waals surface area contributed by atoms with Gasteiger partial charge in [0.25, 0.3) is 0 Å². The van der Waals surface area contributed by atoms with E-state index in [0.29, 0.717) is 18.1 Å². The second kappa shape index (κ2) is 11.0. The molecule has 1 aromatic rings. The van der Waals surface area contributed by atoms with Crippen LogP contribution < -0.4 is 5.32 Å². The molecule has 6 heteroatoms. The Morgan fingerprint density at radius 2 is 1.75 bits per heavy atom. The second-order valence-electron chi connectivity index (χ2n) is 13.0. The van der Waals surface area contributed by atoms with Crippen LogP contribution in [0.1, 0.15) is 116 Å². The van der Waals surface area contributed by atoms with Gasteiger partial charge in [0.05, 0.1) is 5.41 Å². The summed E-state index contributed by atoms with van der Waals surface area (Å²) in [5.41, 5.74) is 3.05. The van der Waals surface area contributed by atoms with Crippen LogP contribution in [0.25, 0.3) is 0 Å². The summed E-state index contributed by atoms with van der Waals surface area (Å²) in [6.45, 7) is 11.9. The Kier molecular flexibility index (Phi) is 8.70. The van der Waals surface area contributed by atoms with Gasteiger partial charge in [0.2, 0.25) is 5.91 Å². The van der Waals surface area contributed by atoms with E-state index >= 15 is 0 Å². The lowest BCUT2D eigenvalue weighted by Crippen LogP contribution is -2.40. The lowest BCUT2D eigenvalue weighted by Gasteiger charge is -2.28. The van der Waals surface area contributed by atoms with Gasteiger partial charge in [0.1, 0.15) is 12.7 Å². The van der Waals surface area contributed by atoms with E-state index in [1.807, 2.05) is 0 Å². The minimum Gasteiger partial charge on any atom is -0.481 e. The number of nitrogens with one attached hydrogen (secondary N) is 2. The number of carboxylic acids is 1. The Labute approximate surface area is 217 Å². The molecule has 0 radical (unpaired) electrons. The van der Waals surface area contributed by atoms with E-state index < -0.39 is 17.5 Å². The SMILES string of the molecule is CC(C)(CNC(=O)COC(C(=N)CC1CCCCC1)c1cc(C(C)(C)C)cc(C2(C)CC2)c1)C(=O)O. The molecule has 1 unspecified atom stereocenters. The zero-order valence-corrected chi connectivity index (χ0v) is 23.1. The molecule has 1 atom stereocenters. The highest BCUT2D eigenvalue weighted by Crippen LogP contribution is 2.49. The topological polar surface area (TPSA) is 99.5 Å². The minimum absolute atomic E-state index is 0.0245. The number of aliphatic carboxylic acids is 1. The fraction of sp³-hybridized carbons (Fsp3) is 0.700. The van der Waals surface area contributed by atoms with Gasteiger partial charge in [-0.2, -0.15) is 0 Å². The van der Waals surface area contributed by atoms with Gasteiger partial charge in [0, 0.05) is 12.3 Å². The van der Waals surface area contributed by atoms with Crippen molar-refractivity contribution in [3.8, 4) is 0 Å². The molecule has 3 rings (SSSR count). The predicted molar refractivity (Wildman–Crippen MR) is 144 cm³/mol. The molecule has 3 N–H and O–H groups in total. The van der Waals surface area contributed by atoms with Crippen molar-refractivity contribution in [1.29, 1.82) is 5.41 Å². The fourth-order valence-electron chi connectivity index (χ4n) is 4.87. The van der Waals surface area contributed by atoms with Crippen LogP contribution in [-0.4, -0.2) is 35.8 Å². The first-order valence-electron chi connectivity index (χ1n) is 13.6. The van der Waals surface area contributed by atoms with Crippen molar-refractivity contribution in [3.05, 3.63) is 34.9 Å². The first-order valence-corrected chi connectivity index (χ1v) is 13.6. The van der Waals surface area contributed by atoms with Gasteiger partial charge < -0.3 is 20.6 Å². The number of hydrogen-bond donors (Lipinski definition) is 3. The number of amides is 1. The minimum atomic E-state index is -1.06. The molecule has 2 aliphatic carbocycles. The first-order chi connectivity index (χ1) is 16.7. The molecular weight excluding hydrogens is 452 g/mol. The Morgan fingerprint density at radius 1 is 1.11 bits per heavy atom. The molecule has 0 aliphatic heterocycles. The molecule has 2 aliphatic rings. The van der Waals surface area contributed by atoms with Crippen LogP contribution in [0.4, 0.5) is 0 Å². The summed E-state index contributed by atoms with van der Waals surface area (Å²) in [4.78, 5) is 24.0. The number of carboxylic acid groups (broad SMARTS) is 1. The van der Waals surface area contributed by atoms with Crippen molar-refractivity contribution < 1.29 is 19.4 Å². The number of carbonyl (C=O) groups is 2. The summed E-state index contributed by atoms with van der Waals surface area (Å²) in [7, 11) is 0. The smallest absolute Gasteiger partial charge is 0.310 e. The second-order valence-corrected chi connectivity index (χ2v) is 13.0. The highest BCUT2D eigenvalue weighted by molar-refractivity contribution is 5.88. The zero-order valence-electron chi connectivity index (χ0n) is 23.1. The molecule has 2 saturated carbocycles. The van der Waals surface area contributed by atoms with Gasteiger partial charge in [-0.3, -0.25) is 9.59 Å². The predicted octanol–water partition coefficient (Wildman–Crippen LogP) is 6.31. The maximum absolute atomic E-state index is 12.6. The van der Waals surface area contributed by atoms with E-state index in [4.69, 9.17) is 10.1 Å². The molecule has 1 amide bonds. The van der Waals surface area contributed by atoms with Crippen LogP contribution in [0.3, 0.4) is 0 Å². The van der Waals surface area contributed by atoms with Crippen molar-refractivity contribution in [3.63, 3.8) is 0 Å². The Morgan fingerprint density at radius 3 is 2.31 bits per heavy atom. The Balaban J connectivity index is 1.84. The van der Waals surface area contributed by atoms with E-state index in [1.54, 1.807) is 13.8 Å². The maximum atomic E-state index is 12.6. The van der Waals surface area contributed by atoms with Gasteiger partial charge in [0.15, 0.2) is 0 Å². The highest BCUT2D eigenvalue weighted by atomic mass is 16.5. The quantitative estimate of drug-likeness (QED) is 0.311. The van der Waals surface area contributed by atoms with E-state index in [0.717, 1.165) is 31.2 Å². The van der Waals surface area contributed by atoms with Gasteiger partial charge in [-0.1, -0.05) is 78.0 Å². The fourth-order valence-corrected chi connectivity index (χ4v) is 4.87.